The monoisotopic (exact) mass is 389 g/mol. The van der Waals surface area contributed by atoms with E-state index in [1.807, 2.05) is 6.07 Å². The molecule has 0 heterocycles. The van der Waals surface area contributed by atoms with Gasteiger partial charge in [-0.15, -0.1) is 0 Å². The minimum Gasteiger partial charge on any atom is -0.495 e. The lowest BCUT2D eigenvalue weighted by molar-refractivity contribution is 0.398. The van der Waals surface area contributed by atoms with E-state index in [0.29, 0.717) is 6.04 Å². The van der Waals surface area contributed by atoms with E-state index in [1.165, 1.54) is 44.1 Å². The Morgan fingerprint density at radius 2 is 1.84 bits per heavy atom. The summed E-state index contributed by atoms with van der Waals surface area (Å²) < 4.78 is 7.57. The molecule has 1 aliphatic rings. The molecule has 0 unspecified atom stereocenters. The maximum Gasteiger partial charge on any atom is 0.137 e. The van der Waals surface area contributed by atoms with Crippen LogP contribution in [-0.2, 0) is 6.54 Å². The zero-order valence-electron chi connectivity index (χ0n) is 11.3. The first-order valence-electron chi connectivity index (χ1n) is 6.96. The summed E-state index contributed by atoms with van der Waals surface area (Å²) >= 11 is 7.10. The summed E-state index contributed by atoms with van der Waals surface area (Å²) in [5, 5.41) is 3.69. The number of hydrogen-bond donors (Lipinski definition) is 1. The van der Waals surface area contributed by atoms with E-state index < -0.39 is 0 Å². The Morgan fingerprint density at radius 3 is 2.47 bits per heavy atom. The minimum absolute atomic E-state index is 0.657. The van der Waals surface area contributed by atoms with Crippen LogP contribution in [0.5, 0.6) is 5.75 Å². The highest BCUT2D eigenvalue weighted by Gasteiger charge is 2.14. The van der Waals surface area contributed by atoms with Crippen molar-refractivity contribution in [2.45, 2.75) is 51.1 Å². The molecule has 2 nitrogen and oxygen atoms in total. The summed E-state index contributed by atoms with van der Waals surface area (Å²) in [6, 6.07) is 4.81. The number of halogens is 2. The zero-order valence-corrected chi connectivity index (χ0v) is 14.5. The van der Waals surface area contributed by atoms with Crippen molar-refractivity contribution in [1.29, 1.82) is 0 Å². The topological polar surface area (TPSA) is 21.3 Å². The molecule has 1 aromatic rings. The zero-order chi connectivity index (χ0) is 13.7. The van der Waals surface area contributed by atoms with Crippen LogP contribution >= 0.6 is 31.9 Å². The van der Waals surface area contributed by atoms with Gasteiger partial charge in [0.25, 0.3) is 0 Å². The van der Waals surface area contributed by atoms with Crippen LogP contribution in [0.15, 0.2) is 21.1 Å². The van der Waals surface area contributed by atoms with Crippen LogP contribution < -0.4 is 10.1 Å². The summed E-state index contributed by atoms with van der Waals surface area (Å²) in [6.45, 7) is 0.867. The number of hydrogen-bond acceptors (Lipinski definition) is 2. The molecular formula is C15H21Br2NO. The number of rotatable bonds is 4. The molecule has 0 spiro atoms. The van der Waals surface area contributed by atoms with E-state index in [1.54, 1.807) is 7.11 Å². The smallest absolute Gasteiger partial charge is 0.137 e. The van der Waals surface area contributed by atoms with E-state index in [-0.39, 0.29) is 0 Å². The van der Waals surface area contributed by atoms with Crippen molar-refractivity contribution in [2.75, 3.05) is 7.11 Å². The SMILES string of the molecule is COc1c(Br)cc(Br)cc1CNC1CCCCCC1. The van der Waals surface area contributed by atoms with Crippen molar-refractivity contribution in [3.63, 3.8) is 0 Å². The Bertz CT molecular complexity index is 415. The quantitative estimate of drug-likeness (QED) is 0.727. The second-order valence-corrected chi connectivity index (χ2v) is 6.92. The maximum atomic E-state index is 5.49. The fraction of sp³-hybridized carbons (Fsp3) is 0.600. The molecule has 0 atom stereocenters. The fourth-order valence-electron chi connectivity index (χ4n) is 2.71. The van der Waals surface area contributed by atoms with E-state index in [2.05, 4.69) is 43.2 Å². The molecular weight excluding hydrogens is 370 g/mol. The maximum absolute atomic E-state index is 5.49. The summed E-state index contributed by atoms with van der Waals surface area (Å²) in [7, 11) is 1.73. The highest BCUT2D eigenvalue weighted by Crippen LogP contribution is 2.32. The molecule has 0 aliphatic heterocycles. The summed E-state index contributed by atoms with van der Waals surface area (Å²) in [5.74, 6) is 0.935. The second kappa shape index (κ2) is 7.65. The standard InChI is InChI=1S/C15H21Br2NO/c1-19-15-11(8-12(16)9-14(15)17)10-18-13-6-4-2-3-5-7-13/h8-9,13,18H,2-7,10H2,1H3. The molecule has 1 aliphatic carbocycles. The normalized spacial score (nSPS) is 17.2. The third kappa shape index (κ3) is 4.47. The average Bonchev–Trinajstić information content (AvgIpc) is 2.64. The highest BCUT2D eigenvalue weighted by atomic mass is 79.9. The molecule has 1 fully saturated rings. The van der Waals surface area contributed by atoms with Crippen molar-refractivity contribution in [2.24, 2.45) is 0 Å². The van der Waals surface area contributed by atoms with Crippen LogP contribution in [0.2, 0.25) is 0 Å². The third-order valence-corrected chi connectivity index (χ3v) is 4.77. The Labute approximate surface area is 132 Å². The molecule has 0 bridgehead atoms. The first-order valence-corrected chi connectivity index (χ1v) is 8.54. The summed E-state index contributed by atoms with van der Waals surface area (Å²) in [5.41, 5.74) is 1.20. The average molecular weight is 391 g/mol. The van der Waals surface area contributed by atoms with Crippen LogP contribution in [0.4, 0.5) is 0 Å². The molecule has 0 aromatic heterocycles. The Morgan fingerprint density at radius 1 is 1.16 bits per heavy atom. The van der Waals surface area contributed by atoms with Crippen molar-refractivity contribution in [3.05, 3.63) is 26.6 Å². The van der Waals surface area contributed by atoms with Crippen LogP contribution in [0.1, 0.15) is 44.1 Å². The van der Waals surface area contributed by atoms with Gasteiger partial charge in [-0.3, -0.25) is 0 Å². The van der Waals surface area contributed by atoms with Crippen molar-refractivity contribution in [3.8, 4) is 5.75 Å². The molecule has 1 saturated carbocycles. The van der Waals surface area contributed by atoms with Gasteiger partial charge in [-0.25, -0.2) is 0 Å². The number of nitrogens with one attached hydrogen (secondary N) is 1. The lowest BCUT2D eigenvalue weighted by atomic mass is 10.1. The summed E-state index contributed by atoms with van der Waals surface area (Å²) in [4.78, 5) is 0. The van der Waals surface area contributed by atoms with Crippen LogP contribution in [0.3, 0.4) is 0 Å². The Hall–Kier alpha value is -0.0600. The number of methoxy groups -OCH3 is 1. The van der Waals surface area contributed by atoms with Gasteiger partial charge in [-0.1, -0.05) is 41.6 Å². The molecule has 2 rings (SSSR count). The largest absolute Gasteiger partial charge is 0.495 e. The van der Waals surface area contributed by atoms with E-state index in [9.17, 15) is 0 Å². The van der Waals surface area contributed by atoms with Gasteiger partial charge in [0.2, 0.25) is 0 Å². The van der Waals surface area contributed by atoms with Gasteiger partial charge < -0.3 is 10.1 Å². The van der Waals surface area contributed by atoms with Gasteiger partial charge in [0.1, 0.15) is 5.75 Å². The fourth-order valence-corrected chi connectivity index (χ4v) is 4.19. The predicted octanol–water partition coefficient (Wildman–Crippen LogP) is 5.03. The first-order chi connectivity index (χ1) is 9.20. The van der Waals surface area contributed by atoms with Gasteiger partial charge in [-0.05, 0) is 40.9 Å². The molecule has 1 aromatic carbocycles. The minimum atomic E-state index is 0.657. The molecule has 0 saturated heterocycles. The highest BCUT2D eigenvalue weighted by molar-refractivity contribution is 9.11. The van der Waals surface area contributed by atoms with Gasteiger partial charge in [0.15, 0.2) is 0 Å². The van der Waals surface area contributed by atoms with E-state index >= 15 is 0 Å². The van der Waals surface area contributed by atoms with Gasteiger partial charge >= 0.3 is 0 Å². The molecule has 106 valence electrons. The molecule has 4 heteroatoms. The number of ether oxygens (including phenoxy) is 1. The second-order valence-electron chi connectivity index (χ2n) is 5.15. The summed E-state index contributed by atoms with van der Waals surface area (Å²) in [6.07, 6.45) is 8.11. The van der Waals surface area contributed by atoms with Crippen molar-refractivity contribution < 1.29 is 4.74 Å². The Balaban J connectivity index is 2.01. The van der Waals surface area contributed by atoms with E-state index in [4.69, 9.17) is 4.74 Å². The number of benzene rings is 1. The van der Waals surface area contributed by atoms with E-state index in [0.717, 1.165) is 21.2 Å². The molecule has 1 N–H and O–H groups in total. The lowest BCUT2D eigenvalue weighted by Crippen LogP contribution is -2.28. The molecule has 19 heavy (non-hydrogen) atoms. The van der Waals surface area contributed by atoms with Crippen LogP contribution in [0.25, 0.3) is 0 Å². The van der Waals surface area contributed by atoms with Crippen molar-refractivity contribution in [1.82, 2.24) is 5.32 Å². The Kier molecular flexibility index (Phi) is 6.17. The van der Waals surface area contributed by atoms with Crippen LogP contribution in [0, 0.1) is 0 Å². The third-order valence-electron chi connectivity index (χ3n) is 3.73. The van der Waals surface area contributed by atoms with Gasteiger partial charge in [0.05, 0.1) is 11.6 Å². The molecule has 0 amide bonds. The predicted molar refractivity (Wildman–Crippen MR) is 86.7 cm³/mol. The van der Waals surface area contributed by atoms with Crippen LogP contribution in [-0.4, -0.2) is 13.2 Å². The van der Waals surface area contributed by atoms with Gasteiger partial charge in [-0.2, -0.15) is 0 Å². The van der Waals surface area contributed by atoms with Crippen molar-refractivity contribution >= 4 is 31.9 Å². The molecule has 0 radical (unpaired) electrons. The lowest BCUT2D eigenvalue weighted by Gasteiger charge is -2.18. The van der Waals surface area contributed by atoms with Gasteiger partial charge in [0, 0.05) is 22.6 Å². The first kappa shape index (κ1) is 15.3.